The van der Waals surface area contributed by atoms with Gasteiger partial charge in [0.05, 0.1) is 16.6 Å². The van der Waals surface area contributed by atoms with E-state index in [1.807, 2.05) is 49.4 Å². The number of carbonyl (C=O) groups is 1. The molecule has 0 fully saturated rings. The molecule has 2 aromatic heterocycles. The number of H-pyrrole nitrogens is 1. The minimum atomic E-state index is -1.70. The predicted molar refractivity (Wildman–Crippen MR) is 134 cm³/mol. The van der Waals surface area contributed by atoms with Crippen LogP contribution in [-0.2, 0) is 6.54 Å². The van der Waals surface area contributed by atoms with Gasteiger partial charge in [0.1, 0.15) is 5.82 Å². The van der Waals surface area contributed by atoms with Gasteiger partial charge in [-0.25, -0.2) is 9.97 Å². The molecule has 34 heavy (non-hydrogen) atoms. The van der Waals surface area contributed by atoms with Crippen LogP contribution in [0, 0.1) is 6.92 Å². The fraction of sp³-hybridized carbons (Fsp3) is 0.0800. The number of benzene rings is 3. The Morgan fingerprint density at radius 1 is 1.00 bits per heavy atom. The summed E-state index contributed by atoms with van der Waals surface area (Å²) in [5.41, 5.74) is 9.81. The molecule has 0 radical (unpaired) electrons. The van der Waals surface area contributed by atoms with E-state index in [0.29, 0.717) is 45.7 Å². The maximum Gasteiger partial charge on any atom is 0.490 e. The van der Waals surface area contributed by atoms with Gasteiger partial charge in [0.15, 0.2) is 5.82 Å². The number of aromatic amines is 1. The maximum absolute atomic E-state index is 11.9. The van der Waals surface area contributed by atoms with Crippen LogP contribution in [0.15, 0.2) is 66.7 Å². The summed E-state index contributed by atoms with van der Waals surface area (Å²) in [4.78, 5) is 24.7. The van der Waals surface area contributed by atoms with Crippen LogP contribution in [-0.4, -0.2) is 38.0 Å². The van der Waals surface area contributed by atoms with Gasteiger partial charge in [-0.05, 0) is 24.6 Å². The Hall–Kier alpha value is -4.21. The third kappa shape index (κ3) is 3.77. The molecule has 5 aromatic rings. The molecule has 0 saturated carbocycles. The van der Waals surface area contributed by atoms with Crippen molar-refractivity contribution in [2.24, 2.45) is 5.73 Å². The van der Waals surface area contributed by atoms with Crippen molar-refractivity contribution >= 4 is 46.1 Å². The summed E-state index contributed by atoms with van der Waals surface area (Å²) in [5.74, 6) is 0.418. The Bertz CT molecular complexity index is 1530. The molecule has 0 spiro atoms. The minimum absolute atomic E-state index is 0.277. The number of anilines is 1. The number of rotatable bonds is 6. The zero-order valence-electron chi connectivity index (χ0n) is 18.4. The summed E-state index contributed by atoms with van der Waals surface area (Å²) in [7, 11) is -1.70. The van der Waals surface area contributed by atoms with E-state index in [-0.39, 0.29) is 5.46 Å². The van der Waals surface area contributed by atoms with Gasteiger partial charge in [-0.1, -0.05) is 54.6 Å². The SMILES string of the molecule is Cc1[nH]c2c(C(N)=O)cccc2c1-c1nc(NCc2ccccc2)c2cccc(B(O)O)c2n1. The Kier molecular flexibility index (Phi) is 5.49. The Labute approximate surface area is 195 Å². The summed E-state index contributed by atoms with van der Waals surface area (Å²) in [5, 5.41) is 24.8. The number of aromatic nitrogens is 3. The number of carbonyl (C=O) groups excluding carboxylic acids is 1. The Morgan fingerprint density at radius 3 is 2.47 bits per heavy atom. The molecule has 3 aromatic carbocycles. The first-order valence-corrected chi connectivity index (χ1v) is 10.8. The lowest BCUT2D eigenvalue weighted by atomic mass is 9.79. The van der Waals surface area contributed by atoms with Crippen LogP contribution in [0.25, 0.3) is 33.2 Å². The number of nitrogens with one attached hydrogen (secondary N) is 2. The molecule has 0 atom stereocenters. The molecule has 0 unspecified atom stereocenters. The van der Waals surface area contributed by atoms with Crippen molar-refractivity contribution < 1.29 is 14.8 Å². The average Bonchev–Trinajstić information content (AvgIpc) is 3.18. The van der Waals surface area contributed by atoms with E-state index in [1.54, 1.807) is 24.3 Å². The largest absolute Gasteiger partial charge is 0.490 e. The predicted octanol–water partition coefficient (Wildman–Crippen LogP) is 2.48. The van der Waals surface area contributed by atoms with Gasteiger partial charge in [0.2, 0.25) is 0 Å². The van der Waals surface area contributed by atoms with Gasteiger partial charge >= 0.3 is 7.12 Å². The molecule has 2 heterocycles. The number of hydrogen-bond acceptors (Lipinski definition) is 6. The number of amides is 1. The van der Waals surface area contributed by atoms with E-state index < -0.39 is 13.0 Å². The summed E-state index contributed by atoms with van der Waals surface area (Å²) >= 11 is 0. The maximum atomic E-state index is 11.9. The van der Waals surface area contributed by atoms with Crippen LogP contribution in [0.5, 0.6) is 0 Å². The average molecular weight is 451 g/mol. The molecular formula is C25H22BN5O3. The molecule has 168 valence electrons. The van der Waals surface area contributed by atoms with Crippen molar-refractivity contribution in [2.75, 3.05) is 5.32 Å². The van der Waals surface area contributed by atoms with Crippen LogP contribution in [0.4, 0.5) is 5.82 Å². The topological polar surface area (TPSA) is 137 Å². The van der Waals surface area contributed by atoms with Gasteiger partial charge in [0.25, 0.3) is 5.91 Å². The fourth-order valence-corrected chi connectivity index (χ4v) is 4.25. The quantitative estimate of drug-likeness (QED) is 0.252. The van der Waals surface area contributed by atoms with Crippen LogP contribution in [0.3, 0.4) is 0 Å². The summed E-state index contributed by atoms with van der Waals surface area (Å²) in [6.45, 7) is 2.40. The smallest absolute Gasteiger partial charge is 0.423 e. The summed E-state index contributed by atoms with van der Waals surface area (Å²) in [6.07, 6.45) is 0. The van der Waals surface area contributed by atoms with Crippen molar-refractivity contribution in [3.63, 3.8) is 0 Å². The highest BCUT2D eigenvalue weighted by atomic mass is 16.4. The lowest BCUT2D eigenvalue weighted by molar-refractivity contribution is 0.100. The highest BCUT2D eigenvalue weighted by Crippen LogP contribution is 2.34. The van der Waals surface area contributed by atoms with Crippen molar-refractivity contribution in [1.82, 2.24) is 15.0 Å². The molecule has 0 aliphatic carbocycles. The van der Waals surface area contributed by atoms with Crippen molar-refractivity contribution in [3.8, 4) is 11.4 Å². The molecule has 0 bridgehead atoms. The van der Waals surface area contributed by atoms with E-state index in [4.69, 9.17) is 15.7 Å². The molecule has 6 N–H and O–H groups in total. The Morgan fingerprint density at radius 2 is 1.74 bits per heavy atom. The van der Waals surface area contributed by atoms with E-state index in [9.17, 15) is 14.8 Å². The third-order valence-corrected chi connectivity index (χ3v) is 5.85. The number of aryl methyl sites for hydroxylation is 1. The van der Waals surface area contributed by atoms with Gasteiger partial charge < -0.3 is 26.1 Å². The molecule has 9 heteroatoms. The first-order valence-electron chi connectivity index (χ1n) is 10.8. The number of primary amides is 1. The second-order valence-corrected chi connectivity index (χ2v) is 8.07. The lowest BCUT2D eigenvalue weighted by Gasteiger charge is -2.13. The van der Waals surface area contributed by atoms with Gasteiger partial charge in [-0.2, -0.15) is 0 Å². The third-order valence-electron chi connectivity index (χ3n) is 5.85. The monoisotopic (exact) mass is 451 g/mol. The number of hydrogen-bond donors (Lipinski definition) is 5. The highest BCUT2D eigenvalue weighted by molar-refractivity contribution is 6.61. The number of nitrogens with two attached hydrogens (primary N) is 1. The van der Waals surface area contributed by atoms with Crippen molar-refractivity contribution in [1.29, 1.82) is 0 Å². The molecule has 0 aliphatic rings. The van der Waals surface area contributed by atoms with Gasteiger partial charge in [-0.3, -0.25) is 4.79 Å². The molecule has 0 saturated heterocycles. The fourth-order valence-electron chi connectivity index (χ4n) is 4.25. The Balaban J connectivity index is 1.73. The first-order chi connectivity index (χ1) is 16.4. The molecule has 8 nitrogen and oxygen atoms in total. The molecule has 1 amide bonds. The normalized spacial score (nSPS) is 11.1. The van der Waals surface area contributed by atoms with E-state index >= 15 is 0 Å². The van der Waals surface area contributed by atoms with Crippen LogP contribution in [0.1, 0.15) is 21.6 Å². The van der Waals surface area contributed by atoms with Crippen LogP contribution >= 0.6 is 0 Å². The van der Waals surface area contributed by atoms with Crippen molar-refractivity contribution in [3.05, 3.63) is 83.6 Å². The van der Waals surface area contributed by atoms with Gasteiger partial charge in [-0.15, -0.1) is 0 Å². The van der Waals surface area contributed by atoms with E-state index in [0.717, 1.165) is 16.6 Å². The van der Waals surface area contributed by atoms with Crippen LogP contribution in [0.2, 0.25) is 0 Å². The zero-order chi connectivity index (χ0) is 23.8. The van der Waals surface area contributed by atoms with E-state index in [1.165, 1.54) is 0 Å². The first kappa shape index (κ1) is 21.6. The van der Waals surface area contributed by atoms with Gasteiger partial charge in [0, 0.05) is 34.0 Å². The second-order valence-electron chi connectivity index (χ2n) is 8.07. The zero-order valence-corrected chi connectivity index (χ0v) is 18.4. The summed E-state index contributed by atoms with van der Waals surface area (Å²) in [6, 6.07) is 20.4. The van der Waals surface area contributed by atoms with Crippen molar-refractivity contribution in [2.45, 2.75) is 13.5 Å². The molecule has 5 rings (SSSR count). The number of nitrogens with zero attached hydrogens (tertiary/aromatic N) is 2. The molecule has 0 aliphatic heterocycles. The minimum Gasteiger partial charge on any atom is -0.423 e. The molecular weight excluding hydrogens is 429 g/mol. The standard InChI is InChI=1S/C25H22BN5O3/c1-14-20(16-9-5-10-17(23(27)32)21(16)29-14)25-30-22-18(11-6-12-19(22)26(33)34)24(31-25)28-13-15-7-3-2-4-8-15/h2-12,29,33-34H,13H2,1H3,(H2,27,32)(H,28,30,31). The number of fused-ring (bicyclic) bond motifs is 2. The second kappa shape index (κ2) is 8.62. The van der Waals surface area contributed by atoms with E-state index in [2.05, 4.69) is 10.3 Å². The highest BCUT2D eigenvalue weighted by Gasteiger charge is 2.22. The van der Waals surface area contributed by atoms with Crippen LogP contribution < -0.4 is 16.5 Å². The summed E-state index contributed by atoms with van der Waals surface area (Å²) < 4.78 is 0. The lowest BCUT2D eigenvalue weighted by Crippen LogP contribution is -2.31. The number of para-hydroxylation sites is 2.